The van der Waals surface area contributed by atoms with E-state index < -0.39 is 0 Å². The van der Waals surface area contributed by atoms with E-state index in [4.69, 9.17) is 4.42 Å². The second kappa shape index (κ2) is 7.15. The molecule has 1 saturated heterocycles. The van der Waals surface area contributed by atoms with Gasteiger partial charge in [0.15, 0.2) is 5.58 Å². The molecule has 2 heterocycles. The summed E-state index contributed by atoms with van der Waals surface area (Å²) in [6.45, 7) is 2.32. The van der Waals surface area contributed by atoms with Crippen LogP contribution in [0.25, 0.3) is 11.1 Å². The molecule has 1 amide bonds. The summed E-state index contributed by atoms with van der Waals surface area (Å²) >= 11 is 0. The van der Waals surface area contributed by atoms with E-state index in [0.29, 0.717) is 24.0 Å². The zero-order chi connectivity index (χ0) is 17.9. The second-order valence-corrected chi connectivity index (χ2v) is 6.61. The van der Waals surface area contributed by atoms with Gasteiger partial charge in [0.2, 0.25) is 0 Å². The van der Waals surface area contributed by atoms with Crippen molar-refractivity contribution >= 4 is 23.0 Å². The lowest BCUT2D eigenvalue weighted by molar-refractivity contribution is 0.0944. The first-order valence-corrected chi connectivity index (χ1v) is 8.83. The lowest BCUT2D eigenvalue weighted by Crippen LogP contribution is -2.38. The van der Waals surface area contributed by atoms with E-state index in [1.165, 1.54) is 24.3 Å². The summed E-state index contributed by atoms with van der Waals surface area (Å²) in [7, 11) is 0. The van der Waals surface area contributed by atoms with Crippen LogP contribution in [0.2, 0.25) is 0 Å². The van der Waals surface area contributed by atoms with Gasteiger partial charge in [-0.1, -0.05) is 12.1 Å². The molecule has 0 spiro atoms. The van der Waals surface area contributed by atoms with Crippen LogP contribution in [-0.2, 0) is 0 Å². The molecule has 1 aromatic heterocycles. The average Bonchev–Trinajstić information content (AvgIpc) is 3.11. The quantitative estimate of drug-likeness (QED) is 0.778. The number of amides is 1. The number of carbonyl (C=O) groups excluding carboxylic acids is 1. The van der Waals surface area contributed by atoms with Gasteiger partial charge in [-0.15, -0.1) is 0 Å². The summed E-state index contributed by atoms with van der Waals surface area (Å²) < 4.78 is 18.7. The standard InChI is InChI=1S/C20H20FN3O2/c21-16-7-5-15(6-8-16)19(25)22-13-14-9-11-24(12-10-14)20-23-17-3-1-2-4-18(17)26-20/h1-8,14H,9-13H2,(H,22,25). The Morgan fingerprint density at radius 3 is 2.62 bits per heavy atom. The van der Waals surface area contributed by atoms with Gasteiger partial charge in [-0.2, -0.15) is 4.98 Å². The molecule has 0 bridgehead atoms. The summed E-state index contributed by atoms with van der Waals surface area (Å²) in [4.78, 5) is 18.8. The van der Waals surface area contributed by atoms with Crippen molar-refractivity contribution in [3.63, 3.8) is 0 Å². The molecule has 3 aromatic rings. The Morgan fingerprint density at radius 2 is 1.88 bits per heavy atom. The maximum atomic E-state index is 12.9. The van der Waals surface area contributed by atoms with Crippen LogP contribution in [0.15, 0.2) is 52.9 Å². The lowest BCUT2D eigenvalue weighted by Gasteiger charge is -2.30. The summed E-state index contributed by atoms with van der Waals surface area (Å²) in [6.07, 6.45) is 1.92. The van der Waals surface area contributed by atoms with E-state index in [9.17, 15) is 9.18 Å². The Kier molecular flexibility index (Phi) is 4.56. The largest absolute Gasteiger partial charge is 0.423 e. The van der Waals surface area contributed by atoms with Gasteiger partial charge in [0.1, 0.15) is 11.3 Å². The predicted octanol–water partition coefficient (Wildman–Crippen LogP) is 3.61. The van der Waals surface area contributed by atoms with E-state index in [2.05, 4.69) is 15.2 Å². The number of nitrogens with one attached hydrogen (secondary N) is 1. The highest BCUT2D eigenvalue weighted by Gasteiger charge is 2.23. The number of anilines is 1. The SMILES string of the molecule is O=C(NCC1CCN(c2nc3ccccc3o2)CC1)c1ccc(F)cc1. The monoisotopic (exact) mass is 353 g/mol. The molecular formula is C20H20FN3O2. The number of rotatable bonds is 4. The fourth-order valence-corrected chi connectivity index (χ4v) is 3.26. The molecule has 0 aliphatic carbocycles. The van der Waals surface area contributed by atoms with Gasteiger partial charge in [-0.05, 0) is 55.2 Å². The van der Waals surface area contributed by atoms with E-state index in [-0.39, 0.29) is 11.7 Å². The Morgan fingerprint density at radius 1 is 1.15 bits per heavy atom. The first-order chi connectivity index (χ1) is 12.7. The minimum atomic E-state index is -0.340. The zero-order valence-corrected chi connectivity index (χ0v) is 14.3. The molecule has 0 atom stereocenters. The van der Waals surface area contributed by atoms with Crippen molar-refractivity contribution in [1.29, 1.82) is 0 Å². The number of benzene rings is 2. The first kappa shape index (κ1) is 16.6. The molecule has 5 nitrogen and oxygen atoms in total. The molecule has 26 heavy (non-hydrogen) atoms. The highest BCUT2D eigenvalue weighted by molar-refractivity contribution is 5.94. The van der Waals surface area contributed by atoms with Crippen molar-refractivity contribution in [2.45, 2.75) is 12.8 Å². The maximum Gasteiger partial charge on any atom is 0.298 e. The number of oxazole rings is 1. The molecule has 134 valence electrons. The van der Waals surface area contributed by atoms with Crippen molar-refractivity contribution < 1.29 is 13.6 Å². The molecule has 2 aromatic carbocycles. The number of halogens is 1. The van der Waals surface area contributed by atoms with Gasteiger partial charge in [0.05, 0.1) is 0 Å². The molecule has 0 unspecified atom stereocenters. The Hall–Kier alpha value is -2.89. The molecular weight excluding hydrogens is 333 g/mol. The number of para-hydroxylation sites is 2. The van der Waals surface area contributed by atoms with Crippen molar-refractivity contribution in [3.8, 4) is 0 Å². The van der Waals surface area contributed by atoms with Crippen molar-refractivity contribution in [1.82, 2.24) is 10.3 Å². The van der Waals surface area contributed by atoms with Gasteiger partial charge >= 0.3 is 0 Å². The lowest BCUT2D eigenvalue weighted by atomic mass is 9.97. The molecule has 4 rings (SSSR count). The fraction of sp³-hybridized carbons (Fsp3) is 0.300. The van der Waals surface area contributed by atoms with E-state index >= 15 is 0 Å². The number of aromatic nitrogens is 1. The van der Waals surface area contributed by atoms with Crippen LogP contribution in [0.1, 0.15) is 23.2 Å². The molecule has 0 radical (unpaired) electrons. The molecule has 0 saturated carbocycles. The number of hydrogen-bond acceptors (Lipinski definition) is 4. The molecule has 1 N–H and O–H groups in total. The summed E-state index contributed by atoms with van der Waals surface area (Å²) in [5.74, 6) is -0.0838. The van der Waals surface area contributed by atoms with Crippen molar-refractivity contribution in [2.75, 3.05) is 24.5 Å². The van der Waals surface area contributed by atoms with Crippen LogP contribution in [-0.4, -0.2) is 30.5 Å². The highest BCUT2D eigenvalue weighted by Crippen LogP contribution is 2.26. The normalized spacial score (nSPS) is 15.3. The Balaban J connectivity index is 1.29. The highest BCUT2D eigenvalue weighted by atomic mass is 19.1. The number of nitrogens with zero attached hydrogens (tertiary/aromatic N) is 2. The van der Waals surface area contributed by atoms with Gasteiger partial charge in [-0.25, -0.2) is 4.39 Å². The van der Waals surface area contributed by atoms with Crippen LogP contribution in [0.4, 0.5) is 10.4 Å². The number of hydrogen-bond donors (Lipinski definition) is 1. The summed E-state index contributed by atoms with van der Waals surface area (Å²) in [6, 6.07) is 14.0. The van der Waals surface area contributed by atoms with Crippen molar-refractivity contribution in [2.24, 2.45) is 5.92 Å². The molecule has 1 fully saturated rings. The topological polar surface area (TPSA) is 58.4 Å². The smallest absolute Gasteiger partial charge is 0.298 e. The first-order valence-electron chi connectivity index (χ1n) is 8.83. The number of piperidine rings is 1. The molecule has 1 aliphatic heterocycles. The Labute approximate surface area is 150 Å². The van der Waals surface area contributed by atoms with Gasteiger partial charge in [0, 0.05) is 25.2 Å². The van der Waals surface area contributed by atoms with Crippen LogP contribution < -0.4 is 10.2 Å². The molecule has 6 heteroatoms. The van der Waals surface area contributed by atoms with Crippen LogP contribution in [0, 0.1) is 11.7 Å². The van der Waals surface area contributed by atoms with E-state index in [1.54, 1.807) is 0 Å². The minimum absolute atomic E-state index is 0.161. The van der Waals surface area contributed by atoms with Crippen LogP contribution >= 0.6 is 0 Å². The third-order valence-electron chi connectivity index (χ3n) is 4.83. The van der Waals surface area contributed by atoms with E-state index in [1.807, 2.05) is 24.3 Å². The summed E-state index contributed by atoms with van der Waals surface area (Å²) in [5.41, 5.74) is 2.16. The maximum absolute atomic E-state index is 12.9. The summed E-state index contributed by atoms with van der Waals surface area (Å²) in [5, 5.41) is 2.95. The third kappa shape index (κ3) is 3.54. The Bertz CT molecular complexity index is 866. The van der Waals surface area contributed by atoms with Gasteiger partial charge < -0.3 is 14.6 Å². The van der Waals surface area contributed by atoms with Gasteiger partial charge in [0.25, 0.3) is 11.9 Å². The second-order valence-electron chi connectivity index (χ2n) is 6.61. The predicted molar refractivity (Wildman–Crippen MR) is 97.7 cm³/mol. The third-order valence-corrected chi connectivity index (χ3v) is 4.83. The molecule has 1 aliphatic rings. The number of carbonyl (C=O) groups is 1. The minimum Gasteiger partial charge on any atom is -0.423 e. The van der Waals surface area contributed by atoms with Crippen LogP contribution in [0.3, 0.4) is 0 Å². The van der Waals surface area contributed by atoms with Crippen LogP contribution in [0.5, 0.6) is 0 Å². The van der Waals surface area contributed by atoms with Crippen molar-refractivity contribution in [3.05, 3.63) is 59.9 Å². The zero-order valence-electron chi connectivity index (χ0n) is 14.3. The number of fused-ring (bicyclic) bond motifs is 1. The average molecular weight is 353 g/mol. The van der Waals surface area contributed by atoms with E-state index in [0.717, 1.165) is 37.0 Å². The fourth-order valence-electron chi connectivity index (χ4n) is 3.26. The van der Waals surface area contributed by atoms with Gasteiger partial charge in [-0.3, -0.25) is 4.79 Å².